The summed E-state index contributed by atoms with van der Waals surface area (Å²) in [5.41, 5.74) is 4.22. The fourth-order valence-electron chi connectivity index (χ4n) is 3.93. The molecule has 1 saturated carbocycles. The fourth-order valence-corrected chi connectivity index (χ4v) is 3.93. The Balaban J connectivity index is 2.00. The van der Waals surface area contributed by atoms with Crippen molar-refractivity contribution in [1.82, 2.24) is 19.8 Å². The van der Waals surface area contributed by atoms with Gasteiger partial charge in [-0.25, -0.2) is 14.3 Å². The van der Waals surface area contributed by atoms with Crippen molar-refractivity contribution in [2.24, 2.45) is 0 Å². The van der Waals surface area contributed by atoms with Gasteiger partial charge in [0.05, 0.1) is 23.1 Å². The van der Waals surface area contributed by atoms with Crippen molar-refractivity contribution >= 4 is 11.6 Å². The lowest BCUT2D eigenvalue weighted by Gasteiger charge is -2.24. The molecule has 3 heterocycles. The summed E-state index contributed by atoms with van der Waals surface area (Å²) in [6.07, 6.45) is 8.85. The number of hydrogen-bond acceptors (Lipinski definition) is 5. The van der Waals surface area contributed by atoms with E-state index in [4.69, 9.17) is 4.52 Å². The Labute approximate surface area is 144 Å². The van der Waals surface area contributed by atoms with Gasteiger partial charge < -0.3 is 9.63 Å². The molecular weight excluding hydrogens is 320 g/mol. The summed E-state index contributed by atoms with van der Waals surface area (Å²) in [5, 5.41) is 17.8. The SMILES string of the molecule is Cc1noc(C)c1-c1cnc2c(C(=O)O)cnn2c1C1CCCCC1. The van der Waals surface area contributed by atoms with Crippen LogP contribution in [0.2, 0.25) is 0 Å². The molecular formula is C18H20N4O3. The Hall–Kier alpha value is -2.70. The van der Waals surface area contributed by atoms with Gasteiger partial charge in [0.25, 0.3) is 0 Å². The molecule has 0 radical (unpaired) electrons. The van der Waals surface area contributed by atoms with Crippen LogP contribution in [-0.4, -0.2) is 30.8 Å². The Morgan fingerprint density at radius 1 is 1.24 bits per heavy atom. The predicted molar refractivity (Wildman–Crippen MR) is 90.7 cm³/mol. The highest BCUT2D eigenvalue weighted by molar-refractivity contribution is 5.94. The van der Waals surface area contributed by atoms with Gasteiger partial charge in [-0.15, -0.1) is 0 Å². The first-order valence-corrected chi connectivity index (χ1v) is 8.61. The van der Waals surface area contributed by atoms with Gasteiger partial charge in [0.1, 0.15) is 11.3 Å². The summed E-state index contributed by atoms with van der Waals surface area (Å²) in [6.45, 7) is 3.79. The number of fused-ring (bicyclic) bond motifs is 1. The van der Waals surface area contributed by atoms with E-state index in [1.165, 1.54) is 25.5 Å². The van der Waals surface area contributed by atoms with Gasteiger partial charge >= 0.3 is 5.97 Å². The van der Waals surface area contributed by atoms with Gasteiger partial charge in [0, 0.05) is 17.7 Å². The first-order valence-electron chi connectivity index (χ1n) is 8.61. The maximum absolute atomic E-state index is 11.5. The van der Waals surface area contributed by atoms with E-state index >= 15 is 0 Å². The molecule has 0 amide bonds. The van der Waals surface area contributed by atoms with Crippen LogP contribution in [0, 0.1) is 13.8 Å². The van der Waals surface area contributed by atoms with E-state index in [1.54, 1.807) is 10.7 Å². The minimum Gasteiger partial charge on any atom is -0.477 e. The quantitative estimate of drug-likeness (QED) is 0.780. The molecule has 3 aromatic rings. The third-order valence-corrected chi connectivity index (χ3v) is 5.09. The highest BCUT2D eigenvalue weighted by Crippen LogP contribution is 2.39. The Morgan fingerprint density at radius 3 is 2.64 bits per heavy atom. The standard InChI is InChI=1S/C18H20N4O3/c1-10-15(11(2)25-21-10)13-8-19-17-14(18(23)24)9-20-22(17)16(13)12-6-4-3-5-7-12/h8-9,12H,3-7H2,1-2H3,(H,23,24). The maximum atomic E-state index is 11.5. The second-order valence-electron chi connectivity index (χ2n) is 6.69. The predicted octanol–water partition coefficient (Wildman–Crippen LogP) is 3.75. The van der Waals surface area contributed by atoms with Crippen LogP contribution in [0.4, 0.5) is 0 Å². The smallest absolute Gasteiger partial charge is 0.341 e. The third kappa shape index (κ3) is 2.50. The number of aryl methyl sites for hydroxylation is 2. The Bertz CT molecular complexity index is 931. The topological polar surface area (TPSA) is 93.5 Å². The second kappa shape index (κ2) is 5.98. The molecule has 3 aromatic heterocycles. The zero-order valence-electron chi connectivity index (χ0n) is 14.3. The van der Waals surface area contributed by atoms with Gasteiger partial charge in [-0.1, -0.05) is 24.4 Å². The van der Waals surface area contributed by atoms with Crippen LogP contribution in [0.3, 0.4) is 0 Å². The van der Waals surface area contributed by atoms with Crippen LogP contribution in [0.15, 0.2) is 16.9 Å². The lowest BCUT2D eigenvalue weighted by Crippen LogP contribution is -2.13. The average Bonchev–Trinajstić information content (AvgIpc) is 3.18. The van der Waals surface area contributed by atoms with Crippen molar-refractivity contribution in [2.45, 2.75) is 51.9 Å². The minimum atomic E-state index is -1.01. The maximum Gasteiger partial charge on any atom is 0.341 e. The number of carboxylic acid groups (broad SMARTS) is 1. The molecule has 7 nitrogen and oxygen atoms in total. The largest absolute Gasteiger partial charge is 0.477 e. The average molecular weight is 340 g/mol. The number of aromatic nitrogens is 4. The van der Waals surface area contributed by atoms with Crippen LogP contribution in [0.1, 0.15) is 65.5 Å². The Morgan fingerprint density at radius 2 is 2.00 bits per heavy atom. The summed E-state index contributed by atoms with van der Waals surface area (Å²) >= 11 is 0. The van der Waals surface area contributed by atoms with E-state index < -0.39 is 5.97 Å². The molecule has 0 bridgehead atoms. The molecule has 0 unspecified atom stereocenters. The normalized spacial score (nSPS) is 15.8. The van der Waals surface area contributed by atoms with Crippen molar-refractivity contribution in [1.29, 1.82) is 0 Å². The molecule has 1 fully saturated rings. The van der Waals surface area contributed by atoms with Crippen LogP contribution in [-0.2, 0) is 0 Å². The zero-order valence-corrected chi connectivity index (χ0v) is 14.3. The molecule has 0 aliphatic heterocycles. The molecule has 0 atom stereocenters. The van der Waals surface area contributed by atoms with Gasteiger partial charge in [0.2, 0.25) is 0 Å². The number of carbonyl (C=O) groups is 1. The molecule has 0 saturated heterocycles. The van der Waals surface area contributed by atoms with Crippen LogP contribution >= 0.6 is 0 Å². The van der Waals surface area contributed by atoms with Gasteiger partial charge in [-0.05, 0) is 26.7 Å². The summed E-state index contributed by atoms with van der Waals surface area (Å²) < 4.78 is 7.05. The van der Waals surface area contributed by atoms with Crippen molar-refractivity contribution in [3.63, 3.8) is 0 Å². The summed E-state index contributed by atoms with van der Waals surface area (Å²) in [6, 6.07) is 0. The molecule has 1 N–H and O–H groups in total. The van der Waals surface area contributed by atoms with Crippen LogP contribution in [0.25, 0.3) is 16.8 Å². The molecule has 4 rings (SSSR count). The van der Waals surface area contributed by atoms with E-state index in [0.717, 1.165) is 41.1 Å². The lowest BCUT2D eigenvalue weighted by atomic mass is 9.84. The van der Waals surface area contributed by atoms with Gasteiger partial charge in [0.15, 0.2) is 5.65 Å². The van der Waals surface area contributed by atoms with Crippen LogP contribution < -0.4 is 0 Å². The molecule has 7 heteroatoms. The highest BCUT2D eigenvalue weighted by Gasteiger charge is 2.27. The third-order valence-electron chi connectivity index (χ3n) is 5.09. The van der Waals surface area contributed by atoms with Gasteiger partial charge in [-0.3, -0.25) is 0 Å². The number of rotatable bonds is 3. The monoisotopic (exact) mass is 340 g/mol. The van der Waals surface area contributed by atoms with E-state index in [9.17, 15) is 9.90 Å². The van der Waals surface area contributed by atoms with Crippen molar-refractivity contribution in [2.75, 3.05) is 0 Å². The van der Waals surface area contributed by atoms with E-state index in [2.05, 4.69) is 15.2 Å². The van der Waals surface area contributed by atoms with E-state index in [-0.39, 0.29) is 5.56 Å². The number of hydrogen-bond donors (Lipinski definition) is 1. The van der Waals surface area contributed by atoms with Gasteiger partial charge in [-0.2, -0.15) is 5.10 Å². The number of carboxylic acids is 1. The molecule has 1 aliphatic carbocycles. The first kappa shape index (κ1) is 15.8. The molecule has 25 heavy (non-hydrogen) atoms. The van der Waals surface area contributed by atoms with Crippen molar-refractivity contribution in [3.8, 4) is 11.1 Å². The van der Waals surface area contributed by atoms with Crippen molar-refractivity contribution < 1.29 is 14.4 Å². The number of nitrogens with zero attached hydrogens (tertiary/aromatic N) is 4. The highest BCUT2D eigenvalue weighted by atomic mass is 16.5. The molecule has 130 valence electrons. The van der Waals surface area contributed by atoms with E-state index in [0.29, 0.717) is 11.6 Å². The lowest BCUT2D eigenvalue weighted by molar-refractivity contribution is 0.0698. The van der Waals surface area contributed by atoms with Crippen LogP contribution in [0.5, 0.6) is 0 Å². The van der Waals surface area contributed by atoms with E-state index in [1.807, 2.05) is 13.8 Å². The first-order chi connectivity index (χ1) is 12.1. The minimum absolute atomic E-state index is 0.127. The molecule has 0 spiro atoms. The second-order valence-corrected chi connectivity index (χ2v) is 6.69. The molecule has 1 aliphatic rings. The zero-order chi connectivity index (χ0) is 17.6. The molecule has 0 aromatic carbocycles. The fraction of sp³-hybridized carbons (Fsp3) is 0.444. The Kier molecular flexibility index (Phi) is 3.78. The summed E-state index contributed by atoms with van der Waals surface area (Å²) in [5.74, 6) is 0.0491. The van der Waals surface area contributed by atoms with Crippen molar-refractivity contribution in [3.05, 3.63) is 35.1 Å². The summed E-state index contributed by atoms with van der Waals surface area (Å²) in [7, 11) is 0. The number of aromatic carboxylic acids is 1. The summed E-state index contributed by atoms with van der Waals surface area (Å²) in [4.78, 5) is 15.9.